The van der Waals surface area contributed by atoms with Crippen LogP contribution < -0.4 is 0 Å². The summed E-state index contributed by atoms with van der Waals surface area (Å²) in [6.07, 6.45) is 3.70. The summed E-state index contributed by atoms with van der Waals surface area (Å²) < 4.78 is 0. The molecule has 0 aliphatic rings. The van der Waals surface area contributed by atoms with E-state index in [9.17, 15) is 5.11 Å². The SMILES string of the molecule is Cc1cc(O)cc(C(C)(C)CCCC(C)C)c1. The van der Waals surface area contributed by atoms with Gasteiger partial charge in [-0.2, -0.15) is 0 Å². The van der Waals surface area contributed by atoms with Gasteiger partial charge in [-0.15, -0.1) is 0 Å². The van der Waals surface area contributed by atoms with Gasteiger partial charge in [-0.05, 0) is 47.9 Å². The molecule has 0 amide bonds. The van der Waals surface area contributed by atoms with Gasteiger partial charge >= 0.3 is 0 Å². The molecule has 0 aliphatic heterocycles. The first-order valence-corrected chi connectivity index (χ1v) is 6.62. The van der Waals surface area contributed by atoms with E-state index in [1.54, 1.807) is 0 Å². The van der Waals surface area contributed by atoms with Gasteiger partial charge in [-0.25, -0.2) is 0 Å². The summed E-state index contributed by atoms with van der Waals surface area (Å²) in [7, 11) is 0. The lowest BCUT2D eigenvalue weighted by atomic mass is 9.79. The van der Waals surface area contributed by atoms with Gasteiger partial charge in [-0.3, -0.25) is 0 Å². The van der Waals surface area contributed by atoms with Crippen molar-refractivity contribution >= 4 is 0 Å². The van der Waals surface area contributed by atoms with Crippen molar-refractivity contribution in [3.8, 4) is 5.75 Å². The van der Waals surface area contributed by atoms with E-state index in [4.69, 9.17) is 0 Å². The Balaban J connectivity index is 2.74. The van der Waals surface area contributed by atoms with E-state index in [0.717, 1.165) is 11.5 Å². The maximum atomic E-state index is 9.67. The van der Waals surface area contributed by atoms with Gasteiger partial charge in [0, 0.05) is 0 Å². The molecule has 0 saturated heterocycles. The second kappa shape index (κ2) is 5.57. The maximum Gasteiger partial charge on any atom is 0.116 e. The molecule has 1 heteroatoms. The predicted octanol–water partition coefficient (Wildman–Crippen LogP) is 4.80. The summed E-state index contributed by atoms with van der Waals surface area (Å²) in [5, 5.41) is 9.67. The standard InChI is InChI=1S/C16H26O/c1-12(2)7-6-8-16(4,5)14-9-13(3)10-15(17)11-14/h9-12,17H,6-8H2,1-5H3. The van der Waals surface area contributed by atoms with Gasteiger partial charge in [-0.1, -0.05) is 46.6 Å². The molecule has 96 valence electrons. The molecule has 0 aromatic heterocycles. The molecule has 1 aromatic carbocycles. The first kappa shape index (κ1) is 14.1. The van der Waals surface area contributed by atoms with E-state index >= 15 is 0 Å². The second-order valence-corrected chi connectivity index (χ2v) is 6.23. The Bertz CT molecular complexity index is 344. The van der Waals surface area contributed by atoms with Crippen molar-refractivity contribution in [3.63, 3.8) is 0 Å². The molecule has 0 radical (unpaired) electrons. The fourth-order valence-corrected chi connectivity index (χ4v) is 2.25. The van der Waals surface area contributed by atoms with Crippen LogP contribution in [-0.4, -0.2) is 5.11 Å². The smallest absolute Gasteiger partial charge is 0.116 e. The third-order valence-corrected chi connectivity index (χ3v) is 3.43. The van der Waals surface area contributed by atoms with E-state index in [1.807, 2.05) is 19.1 Å². The normalized spacial score (nSPS) is 12.1. The zero-order chi connectivity index (χ0) is 13.1. The van der Waals surface area contributed by atoms with Crippen molar-refractivity contribution in [2.75, 3.05) is 0 Å². The Morgan fingerprint density at radius 2 is 1.82 bits per heavy atom. The van der Waals surface area contributed by atoms with E-state index in [0.29, 0.717) is 5.75 Å². The summed E-state index contributed by atoms with van der Waals surface area (Å²) in [5.41, 5.74) is 2.54. The molecule has 0 atom stereocenters. The topological polar surface area (TPSA) is 20.2 Å². The lowest BCUT2D eigenvalue weighted by Gasteiger charge is -2.26. The molecule has 0 unspecified atom stereocenters. The first-order chi connectivity index (χ1) is 7.81. The van der Waals surface area contributed by atoms with Crippen molar-refractivity contribution in [2.24, 2.45) is 5.92 Å². The van der Waals surface area contributed by atoms with Crippen molar-refractivity contribution < 1.29 is 5.11 Å². The number of hydrogen-bond acceptors (Lipinski definition) is 1. The Morgan fingerprint density at radius 1 is 1.18 bits per heavy atom. The molecule has 0 spiro atoms. The van der Waals surface area contributed by atoms with Crippen LogP contribution in [0.3, 0.4) is 0 Å². The molecule has 0 heterocycles. The van der Waals surface area contributed by atoms with Crippen molar-refractivity contribution in [3.05, 3.63) is 29.3 Å². The molecule has 0 bridgehead atoms. The highest BCUT2D eigenvalue weighted by Crippen LogP contribution is 2.32. The molecular formula is C16H26O. The van der Waals surface area contributed by atoms with Gasteiger partial charge < -0.3 is 5.11 Å². The fourth-order valence-electron chi connectivity index (χ4n) is 2.25. The van der Waals surface area contributed by atoms with E-state index < -0.39 is 0 Å². The summed E-state index contributed by atoms with van der Waals surface area (Å²) in [5.74, 6) is 1.16. The molecule has 1 nitrogen and oxygen atoms in total. The number of phenols is 1. The molecule has 0 saturated carbocycles. The van der Waals surface area contributed by atoms with E-state index in [1.165, 1.54) is 24.8 Å². The second-order valence-electron chi connectivity index (χ2n) is 6.23. The van der Waals surface area contributed by atoms with Crippen LogP contribution in [0.4, 0.5) is 0 Å². The van der Waals surface area contributed by atoms with Gasteiger partial charge in [0.2, 0.25) is 0 Å². The molecule has 1 rings (SSSR count). The molecular weight excluding hydrogens is 208 g/mol. The van der Waals surface area contributed by atoms with Crippen LogP contribution in [0.25, 0.3) is 0 Å². The van der Waals surface area contributed by atoms with Crippen LogP contribution in [0.5, 0.6) is 5.75 Å². The number of aryl methyl sites for hydroxylation is 1. The van der Waals surface area contributed by atoms with Crippen molar-refractivity contribution in [2.45, 2.75) is 59.3 Å². The summed E-state index contributed by atoms with van der Waals surface area (Å²) in [4.78, 5) is 0. The van der Waals surface area contributed by atoms with Crippen LogP contribution >= 0.6 is 0 Å². The van der Waals surface area contributed by atoms with E-state index in [2.05, 4.69) is 33.8 Å². The predicted molar refractivity (Wildman–Crippen MR) is 74.6 cm³/mol. The van der Waals surface area contributed by atoms with Crippen LogP contribution in [0, 0.1) is 12.8 Å². The van der Waals surface area contributed by atoms with Gasteiger partial charge in [0.15, 0.2) is 0 Å². The fraction of sp³-hybridized carbons (Fsp3) is 0.625. The van der Waals surface area contributed by atoms with Crippen LogP contribution in [0.2, 0.25) is 0 Å². The first-order valence-electron chi connectivity index (χ1n) is 6.62. The highest BCUT2D eigenvalue weighted by Gasteiger charge is 2.21. The van der Waals surface area contributed by atoms with Crippen molar-refractivity contribution in [1.82, 2.24) is 0 Å². The lowest BCUT2D eigenvalue weighted by Crippen LogP contribution is -2.17. The lowest BCUT2D eigenvalue weighted by molar-refractivity contribution is 0.419. The minimum Gasteiger partial charge on any atom is -0.508 e. The van der Waals surface area contributed by atoms with Gasteiger partial charge in [0.05, 0.1) is 0 Å². The number of aromatic hydroxyl groups is 1. The van der Waals surface area contributed by atoms with Gasteiger partial charge in [0.25, 0.3) is 0 Å². The molecule has 1 aromatic rings. The zero-order valence-corrected chi connectivity index (χ0v) is 11.9. The number of hydrogen-bond donors (Lipinski definition) is 1. The van der Waals surface area contributed by atoms with E-state index in [-0.39, 0.29) is 5.41 Å². The van der Waals surface area contributed by atoms with Crippen LogP contribution in [0.1, 0.15) is 58.1 Å². The third-order valence-electron chi connectivity index (χ3n) is 3.43. The number of benzene rings is 1. The van der Waals surface area contributed by atoms with Crippen LogP contribution in [0.15, 0.2) is 18.2 Å². The molecule has 0 aliphatic carbocycles. The zero-order valence-electron chi connectivity index (χ0n) is 11.9. The minimum absolute atomic E-state index is 0.151. The van der Waals surface area contributed by atoms with Gasteiger partial charge in [0.1, 0.15) is 5.75 Å². The maximum absolute atomic E-state index is 9.67. The highest BCUT2D eigenvalue weighted by atomic mass is 16.3. The quantitative estimate of drug-likeness (QED) is 0.775. The summed E-state index contributed by atoms with van der Waals surface area (Å²) in [6, 6.07) is 5.91. The minimum atomic E-state index is 0.151. The molecule has 1 N–H and O–H groups in total. The summed E-state index contributed by atoms with van der Waals surface area (Å²) in [6.45, 7) is 11.1. The largest absolute Gasteiger partial charge is 0.508 e. The molecule has 0 fully saturated rings. The Morgan fingerprint density at radius 3 is 2.35 bits per heavy atom. The highest BCUT2D eigenvalue weighted by molar-refractivity contribution is 5.36. The Labute approximate surface area is 106 Å². The average molecular weight is 234 g/mol. The molecule has 17 heavy (non-hydrogen) atoms. The Hall–Kier alpha value is -0.980. The summed E-state index contributed by atoms with van der Waals surface area (Å²) >= 11 is 0. The Kier molecular flexibility index (Phi) is 4.62. The number of phenolic OH excluding ortho intramolecular Hbond substituents is 1. The number of rotatable bonds is 5. The van der Waals surface area contributed by atoms with Crippen LogP contribution in [-0.2, 0) is 5.41 Å². The monoisotopic (exact) mass is 234 g/mol. The van der Waals surface area contributed by atoms with Crippen molar-refractivity contribution in [1.29, 1.82) is 0 Å². The average Bonchev–Trinajstić information content (AvgIpc) is 2.14. The third kappa shape index (κ3) is 4.41.